The first-order chi connectivity index (χ1) is 21.0. The summed E-state index contributed by atoms with van der Waals surface area (Å²) in [6.45, 7) is 4.99. The van der Waals surface area contributed by atoms with Gasteiger partial charge >= 0.3 is 0 Å². The van der Waals surface area contributed by atoms with Gasteiger partial charge in [-0.1, -0.05) is 0 Å². The molecular formula is C28H55FN6O10. The second-order valence-electron chi connectivity index (χ2n) is 13.2. The molecule has 3 aliphatic rings. The maximum Gasteiger partial charge on any atom is 0.252 e. The zero-order valence-corrected chi connectivity index (χ0v) is 26.8. The van der Waals surface area contributed by atoms with Crippen molar-refractivity contribution in [3.63, 3.8) is 0 Å². The Morgan fingerprint density at radius 1 is 1.16 bits per heavy atom. The van der Waals surface area contributed by atoms with E-state index in [9.17, 15) is 34.7 Å². The molecule has 1 aliphatic carbocycles. The molecule has 1 amide bonds. The molecular weight excluding hydrogens is 599 g/mol. The fraction of sp³-hybridized carbons (Fsp3) is 0.964. The molecule has 16 nitrogen and oxygen atoms in total. The van der Waals surface area contributed by atoms with Crippen LogP contribution in [-0.4, -0.2) is 167 Å². The fourth-order valence-electron chi connectivity index (χ4n) is 6.32. The van der Waals surface area contributed by atoms with Crippen LogP contribution in [0.15, 0.2) is 0 Å². The van der Waals surface area contributed by atoms with Gasteiger partial charge in [0, 0.05) is 24.7 Å². The van der Waals surface area contributed by atoms with Gasteiger partial charge in [-0.05, 0) is 54.1 Å². The summed E-state index contributed by atoms with van der Waals surface area (Å²) >= 11 is 0. The van der Waals surface area contributed by atoms with Gasteiger partial charge in [-0.3, -0.25) is 9.69 Å². The molecule has 0 spiro atoms. The van der Waals surface area contributed by atoms with Crippen LogP contribution in [-0.2, 0) is 23.7 Å². The molecule has 0 bridgehead atoms. The number of likely N-dealkylation sites (N-methyl/N-ethyl adjacent to an activating group) is 2. The number of alkyl halides is 1. The average Bonchev–Trinajstić information content (AvgIpc) is 2.98. The third kappa shape index (κ3) is 8.66. The molecule has 0 aromatic rings. The molecule has 2 aliphatic heterocycles. The molecule has 45 heavy (non-hydrogen) atoms. The molecule has 1 saturated carbocycles. The van der Waals surface area contributed by atoms with E-state index in [2.05, 4.69) is 10.6 Å². The molecule has 0 aromatic heterocycles. The van der Waals surface area contributed by atoms with Crippen molar-refractivity contribution in [3.8, 4) is 0 Å². The van der Waals surface area contributed by atoms with E-state index >= 15 is 0 Å². The van der Waals surface area contributed by atoms with Crippen LogP contribution in [0.3, 0.4) is 0 Å². The highest BCUT2D eigenvalue weighted by atomic mass is 19.1. The molecule has 264 valence electrons. The van der Waals surface area contributed by atoms with Crippen LogP contribution in [0.25, 0.3) is 0 Å². The molecule has 0 aromatic carbocycles. The first kappa shape index (κ1) is 38.3. The number of aliphatic hydroxyl groups is 5. The number of rotatable bonds is 13. The normalized spacial score (nSPS) is 41.1. The molecule has 17 heteroatoms. The summed E-state index contributed by atoms with van der Waals surface area (Å²) in [5.41, 5.74) is 16.2. The number of nitrogens with one attached hydrogen (secondary N) is 2. The van der Waals surface area contributed by atoms with E-state index in [-0.39, 0.29) is 25.7 Å². The van der Waals surface area contributed by atoms with Gasteiger partial charge in [0.1, 0.15) is 36.2 Å². The number of carbonyl (C=O) groups is 1. The van der Waals surface area contributed by atoms with Crippen molar-refractivity contribution in [2.45, 2.75) is 131 Å². The lowest BCUT2D eigenvalue weighted by atomic mass is 9.83. The lowest BCUT2D eigenvalue weighted by Gasteiger charge is -2.50. The first-order valence-electron chi connectivity index (χ1n) is 15.5. The van der Waals surface area contributed by atoms with Crippen molar-refractivity contribution >= 4 is 5.91 Å². The van der Waals surface area contributed by atoms with Crippen LogP contribution in [0, 0.1) is 0 Å². The lowest BCUT2D eigenvalue weighted by Crippen LogP contribution is -2.70. The minimum atomic E-state index is -2.09. The Morgan fingerprint density at radius 3 is 2.40 bits per heavy atom. The Hall–Kier alpha value is -1.16. The van der Waals surface area contributed by atoms with Crippen LogP contribution in [0.5, 0.6) is 0 Å². The van der Waals surface area contributed by atoms with Crippen LogP contribution in [0.1, 0.15) is 40.0 Å². The van der Waals surface area contributed by atoms with Crippen molar-refractivity contribution < 1.29 is 53.7 Å². The smallest absolute Gasteiger partial charge is 0.252 e. The summed E-state index contributed by atoms with van der Waals surface area (Å²) in [5, 5.41) is 58.2. The summed E-state index contributed by atoms with van der Waals surface area (Å²) in [5.74, 6) is -1.10. The summed E-state index contributed by atoms with van der Waals surface area (Å²) in [6, 6.07) is -3.45. The SMILES string of the molecule is CN[C@@H]1[C@@H](O)[C@@H](O[C@@H]2[C@@H](O)[C@H](O[C@H]3O[C@H](C(C)(C)N(C)CCO)CC[C@H]3N)[C@@H](N)C[C@H]2NC(=O)C(O)C(F)CN)OC[C@]1(C)O. The van der Waals surface area contributed by atoms with Gasteiger partial charge in [-0.2, -0.15) is 0 Å². The molecule has 0 radical (unpaired) electrons. The van der Waals surface area contributed by atoms with Crippen LogP contribution >= 0.6 is 0 Å². The number of halogens is 1. The third-order valence-corrected chi connectivity index (χ3v) is 9.52. The second kappa shape index (κ2) is 15.8. The predicted octanol–water partition coefficient (Wildman–Crippen LogP) is -4.42. The summed E-state index contributed by atoms with van der Waals surface area (Å²) in [7, 11) is 3.42. The lowest BCUT2D eigenvalue weighted by molar-refractivity contribution is -0.310. The van der Waals surface area contributed by atoms with E-state index in [0.29, 0.717) is 19.4 Å². The van der Waals surface area contributed by atoms with Gasteiger partial charge in [0.2, 0.25) is 0 Å². The Bertz CT molecular complexity index is 956. The van der Waals surface area contributed by atoms with E-state index < -0.39 is 97.0 Å². The number of nitrogens with two attached hydrogens (primary N) is 3. The zero-order valence-electron chi connectivity index (χ0n) is 26.8. The third-order valence-electron chi connectivity index (χ3n) is 9.52. The Morgan fingerprint density at radius 2 is 1.80 bits per heavy atom. The molecule has 2 heterocycles. The fourth-order valence-corrected chi connectivity index (χ4v) is 6.32. The van der Waals surface area contributed by atoms with E-state index in [0.717, 1.165) is 0 Å². The van der Waals surface area contributed by atoms with Gasteiger partial charge in [0.25, 0.3) is 5.91 Å². The molecule has 13 N–H and O–H groups in total. The summed E-state index contributed by atoms with van der Waals surface area (Å²) < 4.78 is 38.3. The molecule has 3 rings (SSSR count). The average molecular weight is 655 g/mol. The monoisotopic (exact) mass is 654 g/mol. The van der Waals surface area contributed by atoms with Crippen LogP contribution in [0.2, 0.25) is 0 Å². The Kier molecular flexibility index (Phi) is 13.5. The first-order valence-corrected chi connectivity index (χ1v) is 15.5. The van der Waals surface area contributed by atoms with Gasteiger partial charge in [-0.25, -0.2) is 4.39 Å². The van der Waals surface area contributed by atoms with Gasteiger partial charge in [0.15, 0.2) is 18.7 Å². The Labute approximate surface area is 263 Å². The maximum atomic E-state index is 14.0. The summed E-state index contributed by atoms with van der Waals surface area (Å²) in [6.07, 6.45) is -11.2. The largest absolute Gasteiger partial charge is 0.395 e. The topological polar surface area (TPSA) is 260 Å². The highest BCUT2D eigenvalue weighted by molar-refractivity contribution is 5.81. The zero-order chi connectivity index (χ0) is 33.9. The minimum absolute atomic E-state index is 0.0322. The van der Waals surface area contributed by atoms with Crippen molar-refractivity contribution in [2.24, 2.45) is 17.2 Å². The molecule has 2 saturated heterocycles. The molecule has 2 unspecified atom stereocenters. The second-order valence-corrected chi connectivity index (χ2v) is 13.2. The molecule has 14 atom stereocenters. The van der Waals surface area contributed by atoms with E-state index in [1.54, 1.807) is 7.05 Å². The highest BCUT2D eigenvalue weighted by Crippen LogP contribution is 2.34. The van der Waals surface area contributed by atoms with E-state index in [4.69, 9.17) is 36.1 Å². The Balaban J connectivity index is 1.85. The maximum absolute atomic E-state index is 14.0. The number of hydrogen-bond acceptors (Lipinski definition) is 15. The molecule has 3 fully saturated rings. The van der Waals surface area contributed by atoms with E-state index in [1.807, 2.05) is 25.8 Å². The number of amides is 1. The van der Waals surface area contributed by atoms with E-state index in [1.165, 1.54) is 6.92 Å². The van der Waals surface area contributed by atoms with Gasteiger partial charge in [0.05, 0.1) is 37.4 Å². The number of carbonyl (C=O) groups excluding carboxylic acids is 1. The van der Waals surface area contributed by atoms with Gasteiger partial charge < -0.3 is 72.3 Å². The van der Waals surface area contributed by atoms with Crippen molar-refractivity contribution in [2.75, 3.05) is 40.4 Å². The number of nitrogens with zero attached hydrogens (tertiary/aromatic N) is 1. The number of ether oxygens (including phenoxy) is 4. The predicted molar refractivity (Wildman–Crippen MR) is 159 cm³/mol. The number of aliphatic hydroxyl groups excluding tert-OH is 4. The van der Waals surface area contributed by atoms with Crippen molar-refractivity contribution in [3.05, 3.63) is 0 Å². The van der Waals surface area contributed by atoms with Crippen molar-refractivity contribution in [1.29, 1.82) is 0 Å². The highest BCUT2D eigenvalue weighted by Gasteiger charge is 2.52. The van der Waals surface area contributed by atoms with Crippen molar-refractivity contribution in [1.82, 2.24) is 15.5 Å². The van der Waals surface area contributed by atoms with Crippen LogP contribution in [0.4, 0.5) is 4.39 Å². The van der Waals surface area contributed by atoms with Crippen LogP contribution < -0.4 is 27.8 Å². The van der Waals surface area contributed by atoms with Gasteiger partial charge in [-0.15, -0.1) is 0 Å². The number of β-amino-alcohol motifs (C(OH)–C–C–N with tert-alkyl or cyclic N) is 1. The minimum Gasteiger partial charge on any atom is -0.395 e. The standard InChI is InChI=1S/C28H55FN6O10/c1-27(2,35(5)8-9-36)17-7-6-14(31)25(43-17)44-21-15(32)10-16(34-24(40)18(37)13(29)11-30)22(19(21)38)45-26-20(39)23(33-4)28(3,41)12-42-26/h13-23,25-26,33,36-39,41H,6-12,30-32H2,1-5H3,(H,34,40)/t13?,14-,15+,16-,17+,18?,19+,20-,21-,22+,23-,25-,26-,28+/m1/s1. The summed E-state index contributed by atoms with van der Waals surface area (Å²) in [4.78, 5) is 14.7. The number of hydrogen-bond donors (Lipinski definition) is 10. The quantitative estimate of drug-likeness (QED) is 0.0899.